The molecule has 96 valence electrons. The van der Waals surface area contributed by atoms with Crippen molar-refractivity contribution in [2.45, 2.75) is 13.1 Å². The Hall–Kier alpha value is -2.40. The summed E-state index contributed by atoms with van der Waals surface area (Å²) in [4.78, 5) is 12.2. The minimum absolute atomic E-state index is 0.137. The second-order valence-electron chi connectivity index (χ2n) is 4.34. The van der Waals surface area contributed by atoms with Crippen molar-refractivity contribution < 1.29 is 0 Å². The van der Waals surface area contributed by atoms with E-state index in [1.165, 1.54) is 9.08 Å². The summed E-state index contributed by atoms with van der Waals surface area (Å²) >= 11 is 0. The van der Waals surface area contributed by atoms with E-state index in [9.17, 15) is 4.79 Å². The number of rotatable bonds is 3. The zero-order valence-electron chi connectivity index (χ0n) is 10.4. The van der Waals surface area contributed by atoms with Gasteiger partial charge in [-0.25, -0.2) is 9.48 Å². The molecule has 2 N–H and O–H groups in total. The standard InChI is InChI=1S/C14H14N4O/c15-9-11-5-1-2-6-12(11)10-18-14(19)17-8-4-3-7-13(17)16-18/h1-8H,9-10,15H2. The van der Waals surface area contributed by atoms with Gasteiger partial charge >= 0.3 is 5.69 Å². The highest BCUT2D eigenvalue weighted by Crippen LogP contribution is 2.09. The van der Waals surface area contributed by atoms with Crippen molar-refractivity contribution in [1.29, 1.82) is 0 Å². The van der Waals surface area contributed by atoms with Gasteiger partial charge in [-0.05, 0) is 23.3 Å². The minimum Gasteiger partial charge on any atom is -0.326 e. The summed E-state index contributed by atoms with van der Waals surface area (Å²) in [6.07, 6.45) is 1.72. The fourth-order valence-electron chi connectivity index (χ4n) is 2.14. The third-order valence-electron chi connectivity index (χ3n) is 3.15. The number of pyridine rings is 1. The molecule has 2 heterocycles. The SMILES string of the molecule is NCc1ccccc1Cn1nc2ccccn2c1=O. The molecule has 0 amide bonds. The molecule has 0 atom stereocenters. The predicted octanol–water partition coefficient (Wildman–Crippen LogP) is 1.00. The summed E-state index contributed by atoms with van der Waals surface area (Å²) in [5.41, 5.74) is 8.28. The molecule has 0 bridgehead atoms. The van der Waals surface area contributed by atoms with Gasteiger partial charge in [-0.15, -0.1) is 5.10 Å². The second-order valence-corrected chi connectivity index (χ2v) is 4.34. The monoisotopic (exact) mass is 254 g/mol. The molecule has 0 aliphatic carbocycles. The van der Waals surface area contributed by atoms with Crippen LogP contribution in [0.5, 0.6) is 0 Å². The number of hydrogen-bond acceptors (Lipinski definition) is 3. The number of aromatic nitrogens is 3. The van der Waals surface area contributed by atoms with Crippen LogP contribution in [-0.2, 0) is 13.1 Å². The smallest absolute Gasteiger partial charge is 0.326 e. The van der Waals surface area contributed by atoms with Gasteiger partial charge in [0.2, 0.25) is 0 Å². The van der Waals surface area contributed by atoms with Crippen molar-refractivity contribution in [1.82, 2.24) is 14.2 Å². The number of benzene rings is 1. The van der Waals surface area contributed by atoms with Gasteiger partial charge in [-0.1, -0.05) is 30.3 Å². The number of nitrogens with zero attached hydrogens (tertiary/aromatic N) is 3. The van der Waals surface area contributed by atoms with Crippen LogP contribution in [0.4, 0.5) is 0 Å². The van der Waals surface area contributed by atoms with E-state index in [0.29, 0.717) is 18.7 Å². The summed E-state index contributed by atoms with van der Waals surface area (Å²) in [7, 11) is 0. The molecule has 2 aromatic heterocycles. The van der Waals surface area contributed by atoms with Crippen molar-refractivity contribution in [2.24, 2.45) is 5.73 Å². The topological polar surface area (TPSA) is 65.3 Å². The molecule has 3 aromatic rings. The lowest BCUT2D eigenvalue weighted by atomic mass is 10.1. The summed E-state index contributed by atoms with van der Waals surface area (Å²) in [5, 5.41) is 4.31. The van der Waals surface area contributed by atoms with Gasteiger partial charge in [0, 0.05) is 12.7 Å². The van der Waals surface area contributed by atoms with E-state index in [1.807, 2.05) is 42.5 Å². The minimum atomic E-state index is -0.137. The van der Waals surface area contributed by atoms with Crippen molar-refractivity contribution in [3.63, 3.8) is 0 Å². The normalized spacial score (nSPS) is 11.0. The number of hydrogen-bond donors (Lipinski definition) is 1. The highest BCUT2D eigenvalue weighted by Gasteiger charge is 2.08. The first-order valence-electron chi connectivity index (χ1n) is 6.10. The lowest BCUT2D eigenvalue weighted by Crippen LogP contribution is -2.22. The molecule has 0 radical (unpaired) electrons. The van der Waals surface area contributed by atoms with Crippen LogP contribution >= 0.6 is 0 Å². The number of nitrogens with two attached hydrogens (primary N) is 1. The molecule has 19 heavy (non-hydrogen) atoms. The quantitative estimate of drug-likeness (QED) is 0.758. The molecule has 0 aliphatic heterocycles. The van der Waals surface area contributed by atoms with Crippen LogP contribution in [0.2, 0.25) is 0 Å². The Labute approximate surface area is 109 Å². The van der Waals surface area contributed by atoms with Gasteiger partial charge in [0.25, 0.3) is 0 Å². The van der Waals surface area contributed by atoms with Crippen molar-refractivity contribution in [3.05, 3.63) is 70.3 Å². The lowest BCUT2D eigenvalue weighted by Gasteiger charge is -2.06. The summed E-state index contributed by atoms with van der Waals surface area (Å²) in [6, 6.07) is 13.3. The van der Waals surface area contributed by atoms with Crippen LogP contribution in [0, 0.1) is 0 Å². The molecule has 5 heteroatoms. The van der Waals surface area contributed by atoms with Gasteiger partial charge in [-0.3, -0.25) is 4.40 Å². The largest absolute Gasteiger partial charge is 0.350 e. The molecule has 0 saturated carbocycles. The van der Waals surface area contributed by atoms with Gasteiger partial charge < -0.3 is 5.73 Å². The maximum absolute atomic E-state index is 12.2. The fraction of sp³-hybridized carbons (Fsp3) is 0.143. The molecule has 0 unspecified atom stereocenters. The Kier molecular flexibility index (Phi) is 2.89. The van der Waals surface area contributed by atoms with Crippen LogP contribution in [0.15, 0.2) is 53.5 Å². The van der Waals surface area contributed by atoms with E-state index in [2.05, 4.69) is 5.10 Å². The van der Waals surface area contributed by atoms with E-state index in [1.54, 1.807) is 6.20 Å². The maximum Gasteiger partial charge on any atom is 0.350 e. The lowest BCUT2D eigenvalue weighted by molar-refractivity contribution is 0.654. The third-order valence-corrected chi connectivity index (χ3v) is 3.15. The highest BCUT2D eigenvalue weighted by atomic mass is 16.2. The molecule has 3 rings (SSSR count). The van der Waals surface area contributed by atoms with Crippen LogP contribution in [-0.4, -0.2) is 14.2 Å². The molecule has 5 nitrogen and oxygen atoms in total. The molecule has 1 aromatic carbocycles. The van der Waals surface area contributed by atoms with E-state index in [0.717, 1.165) is 11.1 Å². The Morgan fingerprint density at radius 2 is 1.79 bits per heavy atom. The molecular formula is C14H14N4O. The summed E-state index contributed by atoms with van der Waals surface area (Å²) in [5.74, 6) is 0. The van der Waals surface area contributed by atoms with Gasteiger partial charge in [0.05, 0.1) is 6.54 Å². The zero-order chi connectivity index (χ0) is 13.2. The van der Waals surface area contributed by atoms with E-state index >= 15 is 0 Å². The number of fused-ring (bicyclic) bond motifs is 1. The zero-order valence-corrected chi connectivity index (χ0v) is 10.4. The van der Waals surface area contributed by atoms with Crippen LogP contribution < -0.4 is 11.4 Å². The second kappa shape index (κ2) is 4.70. The molecule has 0 aliphatic rings. The van der Waals surface area contributed by atoms with Crippen molar-refractivity contribution in [2.75, 3.05) is 0 Å². The van der Waals surface area contributed by atoms with Gasteiger partial charge in [0.15, 0.2) is 5.65 Å². The van der Waals surface area contributed by atoms with Crippen molar-refractivity contribution in [3.8, 4) is 0 Å². The summed E-state index contributed by atoms with van der Waals surface area (Å²) < 4.78 is 2.99. The molecular weight excluding hydrogens is 240 g/mol. The maximum atomic E-state index is 12.2. The van der Waals surface area contributed by atoms with E-state index in [4.69, 9.17) is 5.73 Å². The van der Waals surface area contributed by atoms with Gasteiger partial charge in [0.1, 0.15) is 0 Å². The third kappa shape index (κ3) is 2.04. The Bertz CT molecular complexity index is 772. The molecule has 0 saturated heterocycles. The Morgan fingerprint density at radius 1 is 1.05 bits per heavy atom. The average Bonchev–Trinajstić information content (AvgIpc) is 2.77. The van der Waals surface area contributed by atoms with E-state index in [-0.39, 0.29) is 5.69 Å². The summed E-state index contributed by atoms with van der Waals surface area (Å²) in [6.45, 7) is 0.895. The first kappa shape index (κ1) is 11.7. The van der Waals surface area contributed by atoms with Crippen LogP contribution in [0.25, 0.3) is 5.65 Å². The Morgan fingerprint density at radius 3 is 2.53 bits per heavy atom. The Balaban J connectivity index is 2.06. The van der Waals surface area contributed by atoms with Crippen LogP contribution in [0.1, 0.15) is 11.1 Å². The first-order chi connectivity index (χ1) is 9.29. The van der Waals surface area contributed by atoms with E-state index < -0.39 is 0 Å². The van der Waals surface area contributed by atoms with Crippen LogP contribution in [0.3, 0.4) is 0 Å². The average molecular weight is 254 g/mol. The fourth-order valence-corrected chi connectivity index (χ4v) is 2.14. The first-order valence-corrected chi connectivity index (χ1v) is 6.10. The molecule has 0 fully saturated rings. The molecule has 0 spiro atoms. The predicted molar refractivity (Wildman–Crippen MR) is 72.9 cm³/mol. The van der Waals surface area contributed by atoms with Gasteiger partial charge in [-0.2, -0.15) is 0 Å². The van der Waals surface area contributed by atoms with Crippen molar-refractivity contribution >= 4 is 5.65 Å². The highest BCUT2D eigenvalue weighted by molar-refractivity contribution is 5.36.